The summed E-state index contributed by atoms with van der Waals surface area (Å²) in [5.41, 5.74) is 3.30. The van der Waals surface area contributed by atoms with Crippen LogP contribution in [0.15, 0.2) is 18.2 Å². The van der Waals surface area contributed by atoms with Gasteiger partial charge >= 0.3 is 0 Å². The summed E-state index contributed by atoms with van der Waals surface area (Å²) in [6.45, 7) is 20.3. The van der Waals surface area contributed by atoms with Crippen molar-refractivity contribution in [3.8, 4) is 0 Å². The van der Waals surface area contributed by atoms with Crippen molar-refractivity contribution >= 4 is 14.0 Å². The van der Waals surface area contributed by atoms with Crippen LogP contribution in [0.5, 0.6) is 0 Å². The maximum Gasteiger partial charge on any atom is 0.192 e. The van der Waals surface area contributed by atoms with Gasteiger partial charge in [-0.15, -0.1) is 0 Å². The Kier molecular flexibility index (Phi) is 5.25. The van der Waals surface area contributed by atoms with Gasteiger partial charge in [0, 0.05) is 35.3 Å². The highest BCUT2D eigenvalue weighted by atomic mass is 28.4. The highest BCUT2D eigenvalue weighted by Crippen LogP contribution is 2.46. The van der Waals surface area contributed by atoms with Gasteiger partial charge < -0.3 is 14.4 Å². The van der Waals surface area contributed by atoms with Crippen LogP contribution in [0.4, 0.5) is 5.69 Å². The van der Waals surface area contributed by atoms with Gasteiger partial charge in [0.15, 0.2) is 8.32 Å². The standard InChI is InChI=1S/C20H35NO2Si/c1-9-21-14-20(5,6)18(22)16-12-10-11-15(17(16)21)13-23-24(7,8)19(2,3)4/h10-12,18,22H,9,13-14H2,1-8H3. The molecule has 1 aliphatic rings. The molecule has 0 aromatic heterocycles. The van der Waals surface area contributed by atoms with E-state index in [1.807, 2.05) is 0 Å². The van der Waals surface area contributed by atoms with Gasteiger partial charge in [-0.05, 0) is 25.1 Å². The zero-order valence-corrected chi connectivity index (χ0v) is 17.7. The van der Waals surface area contributed by atoms with Crippen molar-refractivity contribution in [1.29, 1.82) is 0 Å². The smallest absolute Gasteiger partial charge is 0.192 e. The summed E-state index contributed by atoms with van der Waals surface area (Å²) in [5.74, 6) is 0. The molecule has 0 aliphatic carbocycles. The van der Waals surface area contributed by atoms with Gasteiger partial charge in [-0.1, -0.05) is 52.8 Å². The van der Waals surface area contributed by atoms with Gasteiger partial charge in [-0.25, -0.2) is 0 Å². The fourth-order valence-corrected chi connectivity index (χ4v) is 4.11. The van der Waals surface area contributed by atoms with Gasteiger partial charge in [0.2, 0.25) is 0 Å². The van der Waals surface area contributed by atoms with Crippen molar-refractivity contribution in [1.82, 2.24) is 0 Å². The third kappa shape index (κ3) is 3.56. The van der Waals surface area contributed by atoms with Gasteiger partial charge in [0.05, 0.1) is 12.7 Å². The summed E-state index contributed by atoms with van der Waals surface area (Å²) in [5, 5.41) is 11.0. The van der Waals surface area contributed by atoms with Crippen LogP contribution >= 0.6 is 0 Å². The van der Waals surface area contributed by atoms with Crippen LogP contribution in [-0.2, 0) is 11.0 Å². The van der Waals surface area contributed by atoms with Crippen LogP contribution in [0.2, 0.25) is 18.1 Å². The van der Waals surface area contributed by atoms with Crippen molar-refractivity contribution in [2.75, 3.05) is 18.0 Å². The second-order valence-corrected chi connectivity index (χ2v) is 14.1. The van der Waals surface area contributed by atoms with Crippen LogP contribution in [0, 0.1) is 5.41 Å². The Balaban J connectivity index is 2.36. The monoisotopic (exact) mass is 349 g/mol. The molecule has 1 aliphatic heterocycles. The third-order valence-electron chi connectivity index (χ3n) is 5.88. The minimum absolute atomic E-state index is 0.137. The largest absolute Gasteiger partial charge is 0.412 e. The molecule has 4 heteroatoms. The number of nitrogens with zero attached hydrogens (tertiary/aromatic N) is 1. The summed E-state index contributed by atoms with van der Waals surface area (Å²) in [7, 11) is -1.79. The molecule has 2 rings (SSSR count). The third-order valence-corrected chi connectivity index (χ3v) is 10.4. The fraction of sp³-hybridized carbons (Fsp3) is 0.700. The van der Waals surface area contributed by atoms with Crippen LogP contribution in [0.25, 0.3) is 0 Å². The van der Waals surface area contributed by atoms with E-state index in [9.17, 15) is 5.11 Å². The van der Waals surface area contributed by atoms with Gasteiger partial charge in [-0.3, -0.25) is 0 Å². The van der Waals surface area contributed by atoms with Crippen molar-refractivity contribution in [2.45, 2.75) is 72.4 Å². The highest BCUT2D eigenvalue weighted by Gasteiger charge is 2.40. The summed E-state index contributed by atoms with van der Waals surface area (Å²) in [6, 6.07) is 6.28. The Morgan fingerprint density at radius 3 is 2.46 bits per heavy atom. The fourth-order valence-electron chi connectivity index (χ4n) is 3.16. The molecule has 0 amide bonds. The van der Waals surface area contributed by atoms with Gasteiger partial charge in [0.1, 0.15) is 0 Å². The lowest BCUT2D eigenvalue weighted by Crippen LogP contribution is -2.44. The number of hydrogen-bond acceptors (Lipinski definition) is 3. The molecule has 136 valence electrons. The molecule has 1 aromatic carbocycles. The lowest BCUT2D eigenvalue weighted by Gasteiger charge is -2.45. The van der Waals surface area contributed by atoms with Crippen LogP contribution in [-0.4, -0.2) is 26.5 Å². The Bertz CT molecular complexity index is 590. The molecule has 0 saturated carbocycles. The minimum Gasteiger partial charge on any atom is -0.412 e. The highest BCUT2D eigenvalue weighted by molar-refractivity contribution is 6.74. The number of anilines is 1. The van der Waals surface area contributed by atoms with E-state index in [1.165, 1.54) is 11.3 Å². The number of benzene rings is 1. The topological polar surface area (TPSA) is 32.7 Å². The number of para-hydroxylation sites is 1. The molecule has 0 bridgehead atoms. The number of rotatable bonds is 4. The summed E-state index contributed by atoms with van der Waals surface area (Å²) >= 11 is 0. The average molecular weight is 350 g/mol. The van der Waals surface area contributed by atoms with Crippen LogP contribution in [0.1, 0.15) is 58.8 Å². The Labute approximate surface area is 149 Å². The Hall–Kier alpha value is -0.843. The van der Waals surface area contributed by atoms with E-state index in [0.29, 0.717) is 6.61 Å². The molecule has 1 heterocycles. The minimum atomic E-state index is -1.79. The first-order valence-corrected chi connectivity index (χ1v) is 12.0. The zero-order chi connectivity index (χ0) is 18.3. The molecule has 1 aromatic rings. The normalized spacial score (nSPS) is 20.9. The molecule has 1 unspecified atom stereocenters. The number of fused-ring (bicyclic) bond motifs is 1. The molecular formula is C20H35NO2Si. The SMILES string of the molecule is CCN1CC(C)(C)C(O)c2cccc(CO[Si](C)(C)C(C)(C)C)c21. The summed E-state index contributed by atoms with van der Waals surface area (Å²) < 4.78 is 6.46. The predicted molar refractivity (Wildman–Crippen MR) is 105 cm³/mol. The predicted octanol–water partition coefficient (Wildman–Crippen LogP) is 5.11. The first-order valence-electron chi connectivity index (χ1n) is 9.09. The number of aliphatic hydroxyl groups excluding tert-OH is 1. The molecule has 1 atom stereocenters. The van der Waals surface area contributed by atoms with Crippen molar-refractivity contribution in [3.63, 3.8) is 0 Å². The lowest BCUT2D eigenvalue weighted by molar-refractivity contribution is 0.0475. The first-order chi connectivity index (χ1) is 10.9. The zero-order valence-electron chi connectivity index (χ0n) is 16.7. The van der Waals surface area contributed by atoms with E-state index in [1.54, 1.807) is 0 Å². The second-order valence-electron chi connectivity index (χ2n) is 9.31. The Morgan fingerprint density at radius 1 is 1.29 bits per heavy atom. The van der Waals surface area contributed by atoms with E-state index in [0.717, 1.165) is 18.7 Å². The van der Waals surface area contributed by atoms with Gasteiger partial charge in [-0.2, -0.15) is 0 Å². The molecule has 3 nitrogen and oxygen atoms in total. The second kappa shape index (κ2) is 6.47. The molecule has 0 saturated heterocycles. The molecular weight excluding hydrogens is 314 g/mol. The van der Waals surface area contributed by atoms with E-state index in [4.69, 9.17) is 4.43 Å². The summed E-state index contributed by atoms with van der Waals surface area (Å²) in [4.78, 5) is 2.40. The van der Waals surface area contributed by atoms with E-state index < -0.39 is 14.4 Å². The quantitative estimate of drug-likeness (QED) is 0.767. The molecule has 1 N–H and O–H groups in total. The number of hydrogen-bond donors (Lipinski definition) is 1. The maximum atomic E-state index is 10.8. The van der Waals surface area contributed by atoms with Crippen LogP contribution < -0.4 is 4.90 Å². The van der Waals surface area contributed by atoms with Crippen molar-refractivity contribution < 1.29 is 9.53 Å². The summed E-state index contributed by atoms with van der Waals surface area (Å²) in [6.07, 6.45) is -0.428. The van der Waals surface area contributed by atoms with E-state index in [-0.39, 0.29) is 10.5 Å². The molecule has 0 fully saturated rings. The lowest BCUT2D eigenvalue weighted by atomic mass is 9.77. The van der Waals surface area contributed by atoms with Crippen molar-refractivity contribution in [2.24, 2.45) is 5.41 Å². The van der Waals surface area contributed by atoms with Crippen molar-refractivity contribution in [3.05, 3.63) is 29.3 Å². The first kappa shape index (κ1) is 19.5. The van der Waals surface area contributed by atoms with E-state index >= 15 is 0 Å². The molecule has 24 heavy (non-hydrogen) atoms. The molecule has 0 spiro atoms. The average Bonchev–Trinajstić information content (AvgIpc) is 2.47. The van der Waals surface area contributed by atoms with Crippen LogP contribution in [0.3, 0.4) is 0 Å². The maximum absolute atomic E-state index is 10.8. The molecule has 0 radical (unpaired) electrons. The van der Waals surface area contributed by atoms with E-state index in [2.05, 4.69) is 77.7 Å². The van der Waals surface area contributed by atoms with Gasteiger partial charge in [0.25, 0.3) is 0 Å². The number of aliphatic hydroxyl groups is 1. The Morgan fingerprint density at radius 2 is 1.92 bits per heavy atom.